The zero-order valence-corrected chi connectivity index (χ0v) is 14.7. The van der Waals surface area contributed by atoms with Gasteiger partial charge in [-0.05, 0) is 56.1 Å². The first-order valence-electron chi connectivity index (χ1n) is 6.38. The van der Waals surface area contributed by atoms with Crippen molar-refractivity contribution < 1.29 is 4.74 Å². The van der Waals surface area contributed by atoms with E-state index < -0.39 is 0 Å². The molecule has 0 saturated carbocycles. The second-order valence-corrected chi connectivity index (χ2v) is 6.16. The van der Waals surface area contributed by atoms with Crippen LogP contribution in [-0.2, 0) is 20.2 Å². The van der Waals surface area contributed by atoms with Gasteiger partial charge in [0.05, 0.1) is 27.2 Å². The Hall–Kier alpha value is -0.850. The molecule has 4 nitrogen and oxygen atoms in total. The maximum absolute atomic E-state index is 5.88. The molecule has 0 aliphatic heterocycles. The predicted octanol–water partition coefficient (Wildman–Crippen LogP) is 3.63. The van der Waals surface area contributed by atoms with Crippen molar-refractivity contribution in [1.82, 2.24) is 14.9 Å². The van der Waals surface area contributed by atoms with E-state index in [9.17, 15) is 0 Å². The molecule has 1 heterocycles. The molecular weight excluding hydrogens is 386 g/mol. The number of hydrogen-bond acceptors (Lipinski definition) is 3. The number of imidazole rings is 1. The lowest BCUT2D eigenvalue weighted by Crippen LogP contribution is -2.11. The van der Waals surface area contributed by atoms with Crippen molar-refractivity contribution in [2.24, 2.45) is 7.05 Å². The van der Waals surface area contributed by atoms with Crippen molar-refractivity contribution in [2.45, 2.75) is 20.1 Å². The lowest BCUT2D eigenvalue weighted by Gasteiger charge is -2.12. The van der Waals surface area contributed by atoms with Crippen LogP contribution in [0.25, 0.3) is 0 Å². The molecule has 0 fully saturated rings. The van der Waals surface area contributed by atoms with Crippen molar-refractivity contribution in [3.05, 3.63) is 44.9 Å². The molecule has 0 aliphatic carbocycles. The van der Waals surface area contributed by atoms with Crippen molar-refractivity contribution >= 4 is 31.9 Å². The van der Waals surface area contributed by atoms with Crippen LogP contribution < -0.4 is 10.1 Å². The van der Waals surface area contributed by atoms with Gasteiger partial charge in [0.2, 0.25) is 0 Å². The SMILES string of the molecule is CCNCc1cc(Br)c(OCc2cncn2C)c(Br)c1. The quantitative estimate of drug-likeness (QED) is 0.801. The van der Waals surface area contributed by atoms with E-state index in [-0.39, 0.29) is 0 Å². The van der Waals surface area contributed by atoms with E-state index in [1.54, 1.807) is 12.5 Å². The summed E-state index contributed by atoms with van der Waals surface area (Å²) >= 11 is 7.13. The second kappa shape index (κ2) is 7.24. The van der Waals surface area contributed by atoms with Gasteiger partial charge in [-0.25, -0.2) is 4.98 Å². The molecule has 0 spiro atoms. The maximum Gasteiger partial charge on any atom is 0.148 e. The van der Waals surface area contributed by atoms with Crippen LogP contribution in [-0.4, -0.2) is 16.1 Å². The standard InChI is InChI=1S/C14H17Br2N3O/c1-3-17-6-10-4-12(15)14(13(16)5-10)20-8-11-7-18-9-19(11)2/h4-5,7,9,17H,3,6,8H2,1-2H3. The van der Waals surface area contributed by atoms with E-state index in [0.717, 1.165) is 33.5 Å². The summed E-state index contributed by atoms with van der Waals surface area (Å²) in [6.07, 6.45) is 3.57. The molecule has 1 N–H and O–H groups in total. The highest BCUT2D eigenvalue weighted by Crippen LogP contribution is 2.35. The number of benzene rings is 1. The highest BCUT2D eigenvalue weighted by Gasteiger charge is 2.10. The normalized spacial score (nSPS) is 10.8. The summed E-state index contributed by atoms with van der Waals surface area (Å²) in [5, 5.41) is 3.31. The summed E-state index contributed by atoms with van der Waals surface area (Å²) in [5.41, 5.74) is 2.24. The Kier molecular flexibility index (Phi) is 5.63. The van der Waals surface area contributed by atoms with Gasteiger partial charge in [0.15, 0.2) is 0 Å². The number of nitrogens with one attached hydrogen (secondary N) is 1. The third kappa shape index (κ3) is 3.84. The summed E-state index contributed by atoms with van der Waals surface area (Å²) in [6, 6.07) is 4.15. The van der Waals surface area contributed by atoms with Crippen LogP contribution in [0.15, 0.2) is 33.6 Å². The fourth-order valence-electron chi connectivity index (χ4n) is 1.79. The summed E-state index contributed by atoms with van der Waals surface area (Å²) in [4.78, 5) is 4.08. The van der Waals surface area contributed by atoms with Crippen LogP contribution in [0, 0.1) is 0 Å². The van der Waals surface area contributed by atoms with E-state index in [2.05, 4.69) is 61.2 Å². The molecule has 1 aromatic heterocycles. The van der Waals surface area contributed by atoms with Gasteiger partial charge in [-0.15, -0.1) is 0 Å². The number of aromatic nitrogens is 2. The van der Waals surface area contributed by atoms with Gasteiger partial charge in [-0.3, -0.25) is 0 Å². The monoisotopic (exact) mass is 401 g/mol. The summed E-state index contributed by atoms with van der Waals surface area (Å²) in [6.45, 7) is 4.37. The zero-order chi connectivity index (χ0) is 14.5. The number of hydrogen-bond donors (Lipinski definition) is 1. The average molecular weight is 403 g/mol. The molecular formula is C14H17Br2N3O. The molecule has 1 aromatic carbocycles. The van der Waals surface area contributed by atoms with Crippen molar-refractivity contribution in [3.63, 3.8) is 0 Å². The minimum absolute atomic E-state index is 0.486. The maximum atomic E-state index is 5.88. The molecule has 0 atom stereocenters. The molecule has 2 rings (SSSR count). The average Bonchev–Trinajstić information content (AvgIpc) is 2.81. The Morgan fingerprint density at radius 2 is 2.00 bits per heavy atom. The first-order chi connectivity index (χ1) is 9.61. The minimum Gasteiger partial charge on any atom is -0.485 e. The number of aryl methyl sites for hydroxylation is 1. The predicted molar refractivity (Wildman–Crippen MR) is 86.8 cm³/mol. The molecule has 20 heavy (non-hydrogen) atoms. The molecule has 0 amide bonds. The zero-order valence-electron chi connectivity index (χ0n) is 11.5. The van der Waals surface area contributed by atoms with Crippen molar-refractivity contribution in [2.75, 3.05) is 6.54 Å². The van der Waals surface area contributed by atoms with E-state index >= 15 is 0 Å². The van der Waals surface area contributed by atoms with Crippen molar-refractivity contribution in [1.29, 1.82) is 0 Å². The Morgan fingerprint density at radius 1 is 1.30 bits per heavy atom. The third-order valence-corrected chi connectivity index (χ3v) is 4.10. The lowest BCUT2D eigenvalue weighted by atomic mass is 10.2. The van der Waals surface area contributed by atoms with Crippen LogP contribution in [0.4, 0.5) is 0 Å². The number of ether oxygens (including phenoxy) is 1. The van der Waals surface area contributed by atoms with Gasteiger partial charge in [0, 0.05) is 13.6 Å². The summed E-state index contributed by atoms with van der Waals surface area (Å²) in [7, 11) is 1.95. The Labute approximate surface area is 135 Å². The highest BCUT2D eigenvalue weighted by molar-refractivity contribution is 9.11. The molecule has 0 unspecified atom stereocenters. The van der Waals surface area contributed by atoms with Crippen molar-refractivity contribution in [3.8, 4) is 5.75 Å². The first-order valence-corrected chi connectivity index (χ1v) is 7.97. The number of nitrogens with zero attached hydrogens (tertiary/aromatic N) is 2. The Morgan fingerprint density at radius 3 is 2.55 bits per heavy atom. The smallest absolute Gasteiger partial charge is 0.148 e. The molecule has 108 valence electrons. The Balaban J connectivity index is 2.10. The van der Waals surface area contributed by atoms with E-state index in [1.165, 1.54) is 5.56 Å². The van der Waals surface area contributed by atoms with Gasteiger partial charge in [-0.2, -0.15) is 0 Å². The van der Waals surface area contributed by atoms with Crippen LogP contribution in [0.5, 0.6) is 5.75 Å². The van der Waals surface area contributed by atoms with Crippen LogP contribution in [0.1, 0.15) is 18.2 Å². The molecule has 0 bridgehead atoms. The Bertz CT molecular complexity index is 561. The van der Waals surface area contributed by atoms with Gasteiger partial charge in [-0.1, -0.05) is 6.92 Å². The lowest BCUT2D eigenvalue weighted by molar-refractivity contribution is 0.293. The second-order valence-electron chi connectivity index (χ2n) is 4.45. The van der Waals surface area contributed by atoms with Crippen LogP contribution in [0.3, 0.4) is 0 Å². The van der Waals surface area contributed by atoms with Gasteiger partial charge in [0.1, 0.15) is 12.4 Å². The molecule has 0 aliphatic rings. The number of halogens is 2. The first kappa shape index (κ1) is 15.5. The van der Waals surface area contributed by atoms with Crippen LogP contribution >= 0.6 is 31.9 Å². The fourth-order valence-corrected chi connectivity index (χ4v) is 3.30. The molecule has 2 aromatic rings. The third-order valence-electron chi connectivity index (χ3n) is 2.92. The number of rotatable bonds is 6. The summed E-state index contributed by atoms with van der Waals surface area (Å²) < 4.78 is 9.72. The largest absolute Gasteiger partial charge is 0.485 e. The van der Waals surface area contributed by atoms with E-state index in [1.807, 2.05) is 11.6 Å². The summed E-state index contributed by atoms with van der Waals surface area (Å²) in [5.74, 6) is 0.812. The van der Waals surface area contributed by atoms with E-state index in [0.29, 0.717) is 6.61 Å². The molecule has 0 radical (unpaired) electrons. The van der Waals surface area contributed by atoms with E-state index in [4.69, 9.17) is 4.74 Å². The van der Waals surface area contributed by atoms with Gasteiger partial charge >= 0.3 is 0 Å². The van der Waals surface area contributed by atoms with Gasteiger partial charge in [0.25, 0.3) is 0 Å². The van der Waals surface area contributed by atoms with Gasteiger partial charge < -0.3 is 14.6 Å². The molecule has 0 saturated heterocycles. The minimum atomic E-state index is 0.486. The molecule has 6 heteroatoms. The fraction of sp³-hybridized carbons (Fsp3) is 0.357. The topological polar surface area (TPSA) is 39.1 Å². The highest BCUT2D eigenvalue weighted by atomic mass is 79.9. The van der Waals surface area contributed by atoms with Crippen LogP contribution in [0.2, 0.25) is 0 Å².